The van der Waals surface area contributed by atoms with Crippen LogP contribution in [-0.2, 0) is 0 Å². The Bertz CT molecular complexity index is 455. The quantitative estimate of drug-likeness (QED) is 0.825. The number of nitrogens with zero attached hydrogens (tertiary/aromatic N) is 3. The molecule has 1 aromatic rings. The molecule has 2 aliphatic rings. The second-order valence-electron chi connectivity index (χ2n) is 4.62. The van der Waals surface area contributed by atoms with Gasteiger partial charge >= 0.3 is 0 Å². The lowest BCUT2D eigenvalue weighted by Gasteiger charge is -2.22. The maximum absolute atomic E-state index is 9.12. The average molecular weight is 229 g/mol. The summed E-state index contributed by atoms with van der Waals surface area (Å²) in [7, 11) is 0. The first-order chi connectivity index (χ1) is 8.36. The van der Waals surface area contributed by atoms with Gasteiger partial charge < -0.3 is 5.11 Å². The summed E-state index contributed by atoms with van der Waals surface area (Å²) in [5.74, 6) is 0.418. The average Bonchev–Trinajstić information content (AvgIpc) is 2.82. The highest BCUT2D eigenvalue weighted by molar-refractivity contribution is 6.03. The Morgan fingerprint density at radius 1 is 1.29 bits per heavy atom. The minimum Gasteiger partial charge on any atom is -0.394 e. The Balaban J connectivity index is 1.82. The first-order valence-electron chi connectivity index (χ1n) is 5.98. The van der Waals surface area contributed by atoms with Crippen LogP contribution in [0.2, 0.25) is 0 Å². The van der Waals surface area contributed by atoms with E-state index >= 15 is 0 Å². The SMILES string of the molecule is OCC1CC2N=C(c3ccncc3)CC2C=N1. The molecule has 0 bridgehead atoms. The fraction of sp³-hybridized carbons (Fsp3) is 0.462. The molecule has 1 aromatic heterocycles. The lowest BCUT2D eigenvalue weighted by Crippen LogP contribution is -2.28. The maximum atomic E-state index is 9.12. The lowest BCUT2D eigenvalue weighted by atomic mass is 9.91. The van der Waals surface area contributed by atoms with Gasteiger partial charge in [-0.15, -0.1) is 0 Å². The molecule has 3 atom stereocenters. The highest BCUT2D eigenvalue weighted by atomic mass is 16.3. The van der Waals surface area contributed by atoms with Gasteiger partial charge in [0.05, 0.1) is 18.7 Å². The summed E-state index contributed by atoms with van der Waals surface area (Å²) in [6.07, 6.45) is 7.39. The van der Waals surface area contributed by atoms with E-state index in [9.17, 15) is 0 Å². The normalized spacial score (nSPS) is 31.1. The van der Waals surface area contributed by atoms with E-state index in [1.165, 1.54) is 0 Å². The monoisotopic (exact) mass is 229 g/mol. The van der Waals surface area contributed by atoms with Crippen LogP contribution in [0.15, 0.2) is 34.5 Å². The number of hydrogen-bond acceptors (Lipinski definition) is 4. The number of aromatic nitrogens is 1. The molecule has 4 heteroatoms. The summed E-state index contributed by atoms with van der Waals surface area (Å²) in [4.78, 5) is 13.1. The molecule has 3 unspecified atom stereocenters. The number of fused-ring (bicyclic) bond motifs is 1. The summed E-state index contributed by atoms with van der Waals surface area (Å²) in [6.45, 7) is 0.125. The highest BCUT2D eigenvalue weighted by Gasteiger charge is 2.33. The molecule has 0 saturated heterocycles. The van der Waals surface area contributed by atoms with Gasteiger partial charge in [-0.1, -0.05) is 0 Å². The number of hydrogen-bond donors (Lipinski definition) is 1. The Labute approximate surface area is 100 Å². The number of aliphatic hydroxyl groups is 1. The van der Waals surface area contributed by atoms with Crippen molar-refractivity contribution < 1.29 is 5.11 Å². The topological polar surface area (TPSA) is 57.8 Å². The van der Waals surface area contributed by atoms with Gasteiger partial charge in [0.1, 0.15) is 0 Å². The predicted molar refractivity (Wildman–Crippen MR) is 66.7 cm³/mol. The zero-order chi connectivity index (χ0) is 11.7. The Morgan fingerprint density at radius 2 is 2.12 bits per heavy atom. The molecule has 3 rings (SSSR count). The molecule has 3 heterocycles. The number of rotatable bonds is 2. The van der Waals surface area contributed by atoms with E-state index in [0.717, 1.165) is 24.1 Å². The molecule has 0 aromatic carbocycles. The van der Waals surface area contributed by atoms with Crippen LogP contribution in [0.5, 0.6) is 0 Å². The molecule has 0 saturated carbocycles. The van der Waals surface area contributed by atoms with E-state index in [1.807, 2.05) is 18.3 Å². The van der Waals surface area contributed by atoms with Crippen LogP contribution in [0.1, 0.15) is 18.4 Å². The van der Waals surface area contributed by atoms with E-state index in [4.69, 9.17) is 10.1 Å². The van der Waals surface area contributed by atoms with Crippen LogP contribution in [-0.4, -0.2) is 40.7 Å². The van der Waals surface area contributed by atoms with Crippen LogP contribution in [0.3, 0.4) is 0 Å². The second-order valence-corrected chi connectivity index (χ2v) is 4.62. The van der Waals surface area contributed by atoms with Crippen LogP contribution >= 0.6 is 0 Å². The number of pyridine rings is 1. The van der Waals surface area contributed by atoms with Crippen LogP contribution in [0.4, 0.5) is 0 Å². The smallest absolute Gasteiger partial charge is 0.0747 e. The third-order valence-electron chi connectivity index (χ3n) is 3.47. The van der Waals surface area contributed by atoms with Crippen LogP contribution < -0.4 is 0 Å². The van der Waals surface area contributed by atoms with Gasteiger partial charge in [-0.2, -0.15) is 0 Å². The van der Waals surface area contributed by atoms with E-state index < -0.39 is 0 Å². The Hall–Kier alpha value is -1.55. The summed E-state index contributed by atoms with van der Waals surface area (Å²) in [5.41, 5.74) is 2.30. The minimum atomic E-state index is 0.0387. The van der Waals surface area contributed by atoms with Crippen molar-refractivity contribution in [1.29, 1.82) is 0 Å². The fourth-order valence-corrected chi connectivity index (χ4v) is 2.52. The molecule has 17 heavy (non-hydrogen) atoms. The van der Waals surface area contributed by atoms with Crippen molar-refractivity contribution >= 4 is 11.9 Å². The van der Waals surface area contributed by atoms with Gasteiger partial charge in [-0.25, -0.2) is 0 Å². The van der Waals surface area contributed by atoms with Gasteiger partial charge in [-0.3, -0.25) is 15.0 Å². The molecular weight excluding hydrogens is 214 g/mol. The summed E-state index contributed by atoms with van der Waals surface area (Å²) < 4.78 is 0. The van der Waals surface area contributed by atoms with Crippen molar-refractivity contribution in [1.82, 2.24) is 4.98 Å². The third kappa shape index (κ3) is 2.00. The van der Waals surface area contributed by atoms with Crippen molar-refractivity contribution in [3.63, 3.8) is 0 Å². The highest BCUT2D eigenvalue weighted by Crippen LogP contribution is 2.29. The minimum absolute atomic E-state index is 0.0387. The van der Waals surface area contributed by atoms with E-state index in [1.54, 1.807) is 12.4 Å². The number of aliphatic hydroxyl groups excluding tert-OH is 1. The zero-order valence-electron chi connectivity index (χ0n) is 9.53. The van der Waals surface area contributed by atoms with Gasteiger partial charge in [0.15, 0.2) is 0 Å². The fourth-order valence-electron chi connectivity index (χ4n) is 2.52. The molecule has 4 nitrogen and oxygen atoms in total. The summed E-state index contributed by atoms with van der Waals surface area (Å²) in [6, 6.07) is 4.33. The molecule has 1 N–H and O–H groups in total. The second kappa shape index (κ2) is 4.37. The van der Waals surface area contributed by atoms with Gasteiger partial charge in [0.25, 0.3) is 0 Å². The molecule has 0 fully saturated rings. The van der Waals surface area contributed by atoms with E-state index in [2.05, 4.69) is 9.98 Å². The lowest BCUT2D eigenvalue weighted by molar-refractivity contribution is 0.248. The van der Waals surface area contributed by atoms with Gasteiger partial charge in [-0.05, 0) is 30.5 Å². The van der Waals surface area contributed by atoms with Gasteiger partial charge in [0.2, 0.25) is 0 Å². The molecule has 0 spiro atoms. The standard InChI is InChI=1S/C13H15N3O/c17-8-11-6-13-10(7-15-11)5-12(16-13)9-1-3-14-4-2-9/h1-4,7,10-11,13,17H,5-6,8H2. The van der Waals surface area contributed by atoms with E-state index in [0.29, 0.717) is 12.0 Å². The summed E-state index contributed by atoms with van der Waals surface area (Å²) in [5, 5.41) is 9.12. The Kier molecular flexibility index (Phi) is 2.73. The zero-order valence-corrected chi connectivity index (χ0v) is 9.53. The third-order valence-corrected chi connectivity index (χ3v) is 3.47. The van der Waals surface area contributed by atoms with Crippen molar-refractivity contribution in [2.24, 2.45) is 15.9 Å². The molecule has 0 radical (unpaired) electrons. The Morgan fingerprint density at radius 3 is 2.88 bits per heavy atom. The van der Waals surface area contributed by atoms with Crippen molar-refractivity contribution in [2.75, 3.05) is 6.61 Å². The van der Waals surface area contributed by atoms with Crippen LogP contribution in [0, 0.1) is 5.92 Å². The van der Waals surface area contributed by atoms with Crippen molar-refractivity contribution in [2.45, 2.75) is 24.9 Å². The number of aliphatic imine (C=N–C) groups is 2. The first-order valence-corrected chi connectivity index (χ1v) is 5.98. The van der Waals surface area contributed by atoms with E-state index in [-0.39, 0.29) is 12.6 Å². The largest absolute Gasteiger partial charge is 0.394 e. The summed E-state index contributed by atoms with van der Waals surface area (Å²) >= 11 is 0. The molecule has 0 aliphatic carbocycles. The van der Waals surface area contributed by atoms with Crippen molar-refractivity contribution in [3.8, 4) is 0 Å². The molecular formula is C13H15N3O. The molecule has 2 aliphatic heterocycles. The van der Waals surface area contributed by atoms with Crippen LogP contribution in [0.25, 0.3) is 0 Å². The molecule has 0 amide bonds. The van der Waals surface area contributed by atoms with Gasteiger partial charge in [0, 0.05) is 30.2 Å². The first kappa shape index (κ1) is 10.6. The van der Waals surface area contributed by atoms with Crippen molar-refractivity contribution in [3.05, 3.63) is 30.1 Å². The molecule has 88 valence electrons. The maximum Gasteiger partial charge on any atom is 0.0747 e. The predicted octanol–water partition coefficient (Wildman–Crippen LogP) is 1.09.